The van der Waals surface area contributed by atoms with Crippen molar-refractivity contribution in [2.45, 2.75) is 46.6 Å². The van der Waals surface area contributed by atoms with E-state index in [0.717, 1.165) is 35.5 Å². The van der Waals surface area contributed by atoms with E-state index >= 15 is 0 Å². The molecule has 2 aromatic carbocycles. The maximum Gasteiger partial charge on any atom is 0.257 e. The second-order valence-electron chi connectivity index (χ2n) is 6.75. The van der Waals surface area contributed by atoms with Gasteiger partial charge >= 0.3 is 0 Å². The molecule has 2 aromatic rings. The molecule has 0 aliphatic rings. The number of hydrogen-bond donors (Lipinski definition) is 1. The van der Waals surface area contributed by atoms with Crippen molar-refractivity contribution < 1.29 is 14.3 Å². The topological polar surface area (TPSA) is 47.6 Å². The van der Waals surface area contributed by atoms with E-state index in [1.165, 1.54) is 5.56 Å². The Hall–Kier alpha value is -2.49. The van der Waals surface area contributed by atoms with Gasteiger partial charge in [0.05, 0.1) is 6.10 Å². The largest absolute Gasteiger partial charge is 0.491 e. The molecule has 26 heavy (non-hydrogen) atoms. The van der Waals surface area contributed by atoms with Crippen LogP contribution in [-0.4, -0.2) is 25.2 Å². The molecule has 0 fully saturated rings. The Bertz CT molecular complexity index is 725. The summed E-state index contributed by atoms with van der Waals surface area (Å²) in [5, 5.41) is 2.91. The van der Waals surface area contributed by atoms with Crippen molar-refractivity contribution in [1.82, 2.24) is 5.32 Å². The van der Waals surface area contributed by atoms with Gasteiger partial charge in [-0.15, -0.1) is 0 Å². The van der Waals surface area contributed by atoms with Crippen LogP contribution in [-0.2, 0) is 11.2 Å². The maximum atomic E-state index is 11.9. The first-order valence-electron chi connectivity index (χ1n) is 9.17. The number of carbonyl (C=O) groups excluding carboxylic acids is 1. The fourth-order valence-corrected chi connectivity index (χ4v) is 2.64. The third-order valence-corrected chi connectivity index (χ3v) is 4.15. The fraction of sp³-hybridized carbons (Fsp3) is 0.409. The molecule has 0 radical (unpaired) electrons. The van der Waals surface area contributed by atoms with Crippen molar-refractivity contribution in [2.24, 2.45) is 0 Å². The number of aryl methyl sites for hydroxylation is 2. The van der Waals surface area contributed by atoms with Gasteiger partial charge in [0.15, 0.2) is 6.61 Å². The Kier molecular flexibility index (Phi) is 7.52. The van der Waals surface area contributed by atoms with E-state index in [2.05, 4.69) is 17.4 Å². The second-order valence-corrected chi connectivity index (χ2v) is 6.75. The maximum absolute atomic E-state index is 11.9. The van der Waals surface area contributed by atoms with Crippen LogP contribution < -0.4 is 14.8 Å². The molecule has 4 nitrogen and oxygen atoms in total. The molecule has 0 aliphatic carbocycles. The number of rotatable bonds is 9. The van der Waals surface area contributed by atoms with E-state index in [4.69, 9.17) is 9.47 Å². The first kappa shape index (κ1) is 19.8. The zero-order chi connectivity index (χ0) is 18.9. The normalized spacial score (nSPS) is 10.7. The molecule has 0 aromatic heterocycles. The Morgan fingerprint density at radius 3 is 2.65 bits per heavy atom. The molecule has 1 amide bonds. The third kappa shape index (κ3) is 6.43. The summed E-state index contributed by atoms with van der Waals surface area (Å²) in [5.74, 6) is 1.56. The number of carbonyl (C=O) groups is 1. The highest BCUT2D eigenvalue weighted by atomic mass is 16.5. The lowest BCUT2D eigenvalue weighted by Crippen LogP contribution is -2.30. The van der Waals surface area contributed by atoms with Crippen LogP contribution >= 0.6 is 0 Å². The van der Waals surface area contributed by atoms with Crippen LogP contribution in [0.25, 0.3) is 0 Å². The predicted molar refractivity (Wildman–Crippen MR) is 105 cm³/mol. The van der Waals surface area contributed by atoms with Crippen molar-refractivity contribution in [3.63, 3.8) is 0 Å². The van der Waals surface area contributed by atoms with E-state index in [1.807, 2.05) is 58.0 Å². The fourth-order valence-electron chi connectivity index (χ4n) is 2.64. The third-order valence-electron chi connectivity index (χ3n) is 4.15. The van der Waals surface area contributed by atoms with Crippen molar-refractivity contribution >= 4 is 5.91 Å². The molecule has 0 atom stereocenters. The summed E-state index contributed by atoms with van der Waals surface area (Å²) >= 11 is 0. The molecular weight excluding hydrogens is 326 g/mol. The second kappa shape index (κ2) is 9.85. The van der Waals surface area contributed by atoms with Gasteiger partial charge < -0.3 is 14.8 Å². The van der Waals surface area contributed by atoms with E-state index in [1.54, 1.807) is 0 Å². The SMILES string of the molecule is Cc1cccc(OCC(=O)NCCCc2cccc(OC(C)C)c2)c1C. The molecule has 0 bridgehead atoms. The van der Waals surface area contributed by atoms with Crippen LogP contribution in [0.1, 0.15) is 37.0 Å². The van der Waals surface area contributed by atoms with E-state index in [0.29, 0.717) is 6.54 Å². The number of hydrogen-bond acceptors (Lipinski definition) is 3. The molecule has 0 saturated heterocycles. The lowest BCUT2D eigenvalue weighted by Gasteiger charge is -2.12. The first-order chi connectivity index (χ1) is 12.5. The molecule has 2 rings (SSSR count). The lowest BCUT2D eigenvalue weighted by atomic mass is 10.1. The minimum atomic E-state index is -0.0946. The van der Waals surface area contributed by atoms with Crippen LogP contribution in [0.4, 0.5) is 0 Å². The summed E-state index contributed by atoms with van der Waals surface area (Å²) in [4.78, 5) is 11.9. The highest BCUT2D eigenvalue weighted by Crippen LogP contribution is 2.20. The number of amides is 1. The summed E-state index contributed by atoms with van der Waals surface area (Å²) in [6, 6.07) is 14.0. The summed E-state index contributed by atoms with van der Waals surface area (Å²) in [6.07, 6.45) is 1.94. The summed E-state index contributed by atoms with van der Waals surface area (Å²) < 4.78 is 11.3. The summed E-state index contributed by atoms with van der Waals surface area (Å²) in [6.45, 7) is 8.74. The van der Waals surface area contributed by atoms with E-state index < -0.39 is 0 Å². The zero-order valence-electron chi connectivity index (χ0n) is 16.2. The van der Waals surface area contributed by atoms with Crippen molar-refractivity contribution in [1.29, 1.82) is 0 Å². The highest BCUT2D eigenvalue weighted by molar-refractivity contribution is 5.77. The number of ether oxygens (including phenoxy) is 2. The van der Waals surface area contributed by atoms with Gasteiger partial charge in [-0.2, -0.15) is 0 Å². The lowest BCUT2D eigenvalue weighted by molar-refractivity contribution is -0.123. The van der Waals surface area contributed by atoms with Crippen LogP contribution in [0.2, 0.25) is 0 Å². The first-order valence-corrected chi connectivity index (χ1v) is 9.17. The molecule has 0 unspecified atom stereocenters. The van der Waals surface area contributed by atoms with Crippen LogP contribution in [0.3, 0.4) is 0 Å². The van der Waals surface area contributed by atoms with Crippen molar-refractivity contribution in [3.05, 3.63) is 59.2 Å². The molecule has 0 spiro atoms. The van der Waals surface area contributed by atoms with Gasteiger partial charge in [0.2, 0.25) is 0 Å². The quantitative estimate of drug-likeness (QED) is 0.685. The monoisotopic (exact) mass is 355 g/mol. The molecular formula is C22H29NO3. The van der Waals surface area contributed by atoms with E-state index in [9.17, 15) is 4.79 Å². The summed E-state index contributed by atoms with van der Waals surface area (Å²) in [7, 11) is 0. The Balaban J connectivity index is 1.69. The van der Waals surface area contributed by atoms with Crippen LogP contribution in [0, 0.1) is 13.8 Å². The smallest absolute Gasteiger partial charge is 0.257 e. The zero-order valence-corrected chi connectivity index (χ0v) is 16.2. The van der Waals surface area contributed by atoms with E-state index in [-0.39, 0.29) is 18.6 Å². The minimum absolute atomic E-state index is 0.0437. The standard InChI is InChI=1S/C22H29NO3/c1-16(2)26-20-11-6-9-19(14-20)10-7-13-23-22(24)15-25-21-12-5-8-17(3)18(21)4/h5-6,8-9,11-12,14,16H,7,10,13,15H2,1-4H3,(H,23,24). The number of benzene rings is 2. The van der Waals surface area contributed by atoms with Gasteiger partial charge in [0.1, 0.15) is 11.5 Å². The minimum Gasteiger partial charge on any atom is -0.491 e. The molecule has 0 heterocycles. The molecule has 0 aliphatic heterocycles. The van der Waals surface area contributed by atoms with Gasteiger partial charge in [-0.05, 0) is 75.4 Å². The van der Waals surface area contributed by atoms with Crippen molar-refractivity contribution in [2.75, 3.05) is 13.2 Å². The van der Waals surface area contributed by atoms with Crippen LogP contribution in [0.5, 0.6) is 11.5 Å². The van der Waals surface area contributed by atoms with Gasteiger partial charge in [0.25, 0.3) is 5.91 Å². The Morgan fingerprint density at radius 1 is 1.12 bits per heavy atom. The number of nitrogens with one attached hydrogen (secondary N) is 1. The average molecular weight is 355 g/mol. The molecule has 0 saturated carbocycles. The molecule has 140 valence electrons. The Labute approximate surface area is 156 Å². The summed E-state index contributed by atoms with van der Waals surface area (Å²) in [5.41, 5.74) is 3.44. The van der Waals surface area contributed by atoms with Gasteiger partial charge in [-0.3, -0.25) is 4.79 Å². The average Bonchev–Trinajstić information content (AvgIpc) is 2.60. The van der Waals surface area contributed by atoms with Crippen LogP contribution in [0.15, 0.2) is 42.5 Å². The highest BCUT2D eigenvalue weighted by Gasteiger charge is 2.06. The predicted octanol–water partition coefficient (Wildman–Crippen LogP) is 4.22. The molecule has 4 heteroatoms. The van der Waals surface area contributed by atoms with Gasteiger partial charge in [-0.1, -0.05) is 24.3 Å². The molecule has 1 N–H and O–H groups in total. The Morgan fingerprint density at radius 2 is 1.88 bits per heavy atom. The van der Waals surface area contributed by atoms with Crippen molar-refractivity contribution in [3.8, 4) is 11.5 Å². The van der Waals surface area contributed by atoms with Gasteiger partial charge in [0, 0.05) is 6.54 Å². The van der Waals surface area contributed by atoms with Gasteiger partial charge in [-0.25, -0.2) is 0 Å².